The zero-order chi connectivity index (χ0) is 23.9. The van der Waals surface area contributed by atoms with Crippen LogP contribution in [0.5, 0.6) is 0 Å². The van der Waals surface area contributed by atoms with Crippen LogP contribution in [-0.2, 0) is 9.53 Å². The van der Waals surface area contributed by atoms with E-state index in [0.717, 1.165) is 18.8 Å². The van der Waals surface area contributed by atoms with E-state index in [1.807, 2.05) is 24.3 Å². The number of furan rings is 1. The summed E-state index contributed by atoms with van der Waals surface area (Å²) < 4.78 is 10.4. The zero-order valence-electron chi connectivity index (χ0n) is 18.8. The summed E-state index contributed by atoms with van der Waals surface area (Å²) in [6, 6.07) is 17.2. The van der Waals surface area contributed by atoms with Crippen LogP contribution < -0.4 is 15.5 Å². The summed E-state index contributed by atoms with van der Waals surface area (Å²) in [5.74, 6) is -0.781. The number of carbonyl (C=O) groups excluding carboxylic acids is 3. The van der Waals surface area contributed by atoms with Crippen LogP contribution in [0.1, 0.15) is 20.9 Å². The van der Waals surface area contributed by atoms with Gasteiger partial charge in [0.1, 0.15) is 0 Å². The van der Waals surface area contributed by atoms with Crippen LogP contribution in [0.3, 0.4) is 0 Å². The number of hydrogen-bond donors (Lipinski definition) is 2. The molecule has 176 valence electrons. The van der Waals surface area contributed by atoms with E-state index in [9.17, 15) is 14.4 Å². The van der Waals surface area contributed by atoms with Crippen LogP contribution in [0.25, 0.3) is 0 Å². The predicted octanol–water partition coefficient (Wildman–Crippen LogP) is 3.08. The van der Waals surface area contributed by atoms with Crippen molar-refractivity contribution in [2.24, 2.45) is 0 Å². The van der Waals surface area contributed by atoms with Crippen molar-refractivity contribution in [3.63, 3.8) is 0 Å². The van der Waals surface area contributed by atoms with E-state index in [4.69, 9.17) is 9.15 Å². The number of carbonyl (C=O) groups is 3. The van der Waals surface area contributed by atoms with E-state index in [-0.39, 0.29) is 30.0 Å². The molecular formula is C25H26N4O5. The average molecular weight is 463 g/mol. The summed E-state index contributed by atoms with van der Waals surface area (Å²) in [6.45, 7) is 3.01. The first-order valence-corrected chi connectivity index (χ1v) is 10.9. The first-order chi connectivity index (χ1) is 16.5. The van der Waals surface area contributed by atoms with Gasteiger partial charge in [0, 0.05) is 42.8 Å². The Bertz CT molecular complexity index is 1120. The molecule has 0 radical (unpaired) electrons. The number of rotatable bonds is 7. The number of amides is 3. The topological polar surface area (TPSA) is 104 Å². The van der Waals surface area contributed by atoms with E-state index < -0.39 is 0 Å². The Hall–Kier alpha value is -4.11. The first-order valence-electron chi connectivity index (χ1n) is 10.9. The minimum atomic E-state index is -0.379. The molecule has 0 unspecified atom stereocenters. The van der Waals surface area contributed by atoms with Crippen molar-refractivity contribution in [2.75, 3.05) is 55.4 Å². The zero-order valence-corrected chi connectivity index (χ0v) is 18.8. The lowest BCUT2D eigenvalue weighted by Gasteiger charge is -2.28. The standard InChI is InChI=1S/C25H26N4O5/c1-28(17-23(30)26-19-8-10-21(11-9-19)29-12-15-33-16-13-29)25(32)18-4-6-20(7-5-18)27-24(31)22-3-2-14-34-22/h2-11,14H,12-13,15-17H2,1H3,(H,26,30)(H,27,31). The van der Waals surface area contributed by atoms with E-state index in [1.54, 1.807) is 43.4 Å². The molecule has 34 heavy (non-hydrogen) atoms. The molecule has 1 fully saturated rings. The molecule has 1 aliphatic heterocycles. The van der Waals surface area contributed by atoms with Gasteiger partial charge < -0.3 is 29.6 Å². The molecular weight excluding hydrogens is 436 g/mol. The van der Waals surface area contributed by atoms with Gasteiger partial charge in [-0.2, -0.15) is 0 Å². The number of likely N-dealkylation sites (N-methyl/N-ethyl adjacent to an activating group) is 1. The maximum atomic E-state index is 12.7. The van der Waals surface area contributed by atoms with E-state index in [1.165, 1.54) is 11.2 Å². The fourth-order valence-corrected chi connectivity index (χ4v) is 3.58. The van der Waals surface area contributed by atoms with Gasteiger partial charge in [0.2, 0.25) is 5.91 Å². The van der Waals surface area contributed by atoms with Crippen LogP contribution >= 0.6 is 0 Å². The normalized spacial score (nSPS) is 13.3. The average Bonchev–Trinajstić information content (AvgIpc) is 3.40. The Labute approximate surface area is 197 Å². The lowest BCUT2D eigenvalue weighted by molar-refractivity contribution is -0.116. The van der Waals surface area contributed by atoms with E-state index in [2.05, 4.69) is 15.5 Å². The second-order valence-electron chi connectivity index (χ2n) is 7.86. The molecule has 4 rings (SSSR count). The highest BCUT2D eigenvalue weighted by Gasteiger charge is 2.16. The fraction of sp³-hybridized carbons (Fsp3) is 0.240. The van der Waals surface area contributed by atoms with Crippen LogP contribution in [0.2, 0.25) is 0 Å². The Morgan fingerprint density at radius 2 is 1.56 bits per heavy atom. The molecule has 2 N–H and O–H groups in total. The Morgan fingerprint density at radius 1 is 0.912 bits per heavy atom. The number of hydrogen-bond acceptors (Lipinski definition) is 6. The van der Waals surface area contributed by atoms with Crippen molar-refractivity contribution in [1.29, 1.82) is 0 Å². The van der Waals surface area contributed by atoms with Gasteiger partial charge in [-0.3, -0.25) is 14.4 Å². The second kappa shape index (κ2) is 10.7. The van der Waals surface area contributed by atoms with Gasteiger partial charge in [0.25, 0.3) is 11.8 Å². The van der Waals surface area contributed by atoms with Gasteiger partial charge in [-0.1, -0.05) is 0 Å². The quantitative estimate of drug-likeness (QED) is 0.559. The van der Waals surface area contributed by atoms with Gasteiger partial charge in [-0.25, -0.2) is 0 Å². The molecule has 1 saturated heterocycles. The summed E-state index contributed by atoms with van der Waals surface area (Å²) in [5.41, 5.74) is 2.68. The number of nitrogens with zero attached hydrogens (tertiary/aromatic N) is 2. The number of benzene rings is 2. The maximum Gasteiger partial charge on any atom is 0.291 e. The van der Waals surface area contributed by atoms with Crippen LogP contribution in [0.4, 0.5) is 17.1 Å². The third-order valence-corrected chi connectivity index (χ3v) is 5.39. The molecule has 0 aliphatic carbocycles. The minimum absolute atomic E-state index is 0.0962. The van der Waals surface area contributed by atoms with Gasteiger partial charge in [-0.05, 0) is 60.7 Å². The summed E-state index contributed by atoms with van der Waals surface area (Å²) in [5, 5.41) is 5.51. The highest BCUT2D eigenvalue weighted by atomic mass is 16.5. The third-order valence-electron chi connectivity index (χ3n) is 5.39. The largest absolute Gasteiger partial charge is 0.459 e. The molecule has 2 heterocycles. The van der Waals surface area contributed by atoms with Crippen molar-refractivity contribution >= 4 is 34.8 Å². The molecule has 1 aromatic heterocycles. The van der Waals surface area contributed by atoms with E-state index in [0.29, 0.717) is 30.2 Å². The van der Waals surface area contributed by atoms with Crippen LogP contribution in [0.15, 0.2) is 71.3 Å². The molecule has 0 spiro atoms. The number of morpholine rings is 1. The summed E-state index contributed by atoms with van der Waals surface area (Å²) in [7, 11) is 1.57. The molecule has 9 heteroatoms. The minimum Gasteiger partial charge on any atom is -0.459 e. The number of anilines is 3. The molecule has 3 aromatic rings. The molecule has 9 nitrogen and oxygen atoms in total. The molecule has 3 amide bonds. The monoisotopic (exact) mass is 462 g/mol. The van der Waals surface area contributed by atoms with Crippen LogP contribution in [-0.4, -0.2) is 62.5 Å². The maximum absolute atomic E-state index is 12.7. The van der Waals surface area contributed by atoms with Crippen LogP contribution in [0, 0.1) is 0 Å². The highest BCUT2D eigenvalue weighted by molar-refractivity contribution is 6.03. The lowest BCUT2D eigenvalue weighted by atomic mass is 10.2. The van der Waals surface area contributed by atoms with Crippen molar-refractivity contribution < 1.29 is 23.5 Å². The van der Waals surface area contributed by atoms with Gasteiger partial charge in [0.05, 0.1) is 26.0 Å². The molecule has 0 atom stereocenters. The molecule has 0 bridgehead atoms. The Balaban J connectivity index is 1.28. The summed E-state index contributed by atoms with van der Waals surface area (Å²) >= 11 is 0. The predicted molar refractivity (Wildman–Crippen MR) is 128 cm³/mol. The highest BCUT2D eigenvalue weighted by Crippen LogP contribution is 2.19. The van der Waals surface area contributed by atoms with Crippen molar-refractivity contribution in [3.05, 3.63) is 78.3 Å². The van der Waals surface area contributed by atoms with Gasteiger partial charge in [-0.15, -0.1) is 0 Å². The van der Waals surface area contributed by atoms with Gasteiger partial charge >= 0.3 is 0 Å². The molecule has 1 aliphatic rings. The summed E-state index contributed by atoms with van der Waals surface area (Å²) in [6.07, 6.45) is 1.42. The fourth-order valence-electron chi connectivity index (χ4n) is 3.58. The Kier molecular flexibility index (Phi) is 7.24. The van der Waals surface area contributed by atoms with Crippen molar-refractivity contribution in [3.8, 4) is 0 Å². The number of nitrogens with one attached hydrogen (secondary N) is 2. The molecule has 2 aromatic carbocycles. The lowest BCUT2D eigenvalue weighted by Crippen LogP contribution is -2.36. The number of ether oxygens (including phenoxy) is 1. The van der Waals surface area contributed by atoms with Gasteiger partial charge in [0.15, 0.2) is 5.76 Å². The van der Waals surface area contributed by atoms with E-state index >= 15 is 0 Å². The first kappa shape index (κ1) is 23.1. The summed E-state index contributed by atoms with van der Waals surface area (Å²) in [4.78, 5) is 40.8. The second-order valence-corrected chi connectivity index (χ2v) is 7.86. The SMILES string of the molecule is CN(CC(=O)Nc1ccc(N2CCOCC2)cc1)C(=O)c1ccc(NC(=O)c2ccco2)cc1. The third kappa shape index (κ3) is 5.81. The van der Waals surface area contributed by atoms with Crippen molar-refractivity contribution in [2.45, 2.75) is 0 Å². The molecule has 0 saturated carbocycles. The Morgan fingerprint density at radius 3 is 2.21 bits per heavy atom. The smallest absolute Gasteiger partial charge is 0.291 e. The van der Waals surface area contributed by atoms with Crippen molar-refractivity contribution in [1.82, 2.24) is 4.90 Å².